The lowest BCUT2D eigenvalue weighted by atomic mass is 10.1. The lowest BCUT2D eigenvalue weighted by Gasteiger charge is -2.14. The van der Waals surface area contributed by atoms with E-state index in [2.05, 4.69) is 4.98 Å². The van der Waals surface area contributed by atoms with Crippen LogP contribution in [0, 0.1) is 0 Å². The molecule has 2 rings (SSSR count). The summed E-state index contributed by atoms with van der Waals surface area (Å²) < 4.78 is 26.4. The van der Waals surface area contributed by atoms with Gasteiger partial charge in [-0.05, 0) is 17.7 Å². The van der Waals surface area contributed by atoms with Crippen LogP contribution in [-0.4, -0.2) is 46.9 Å². The Morgan fingerprint density at radius 3 is 2.71 bits per heavy atom. The average Bonchev–Trinajstić information content (AvgIpc) is 2.87. The highest BCUT2D eigenvalue weighted by atomic mass is 32.2. The van der Waals surface area contributed by atoms with Crippen LogP contribution in [0.5, 0.6) is 0 Å². The molecule has 0 aliphatic carbocycles. The van der Waals surface area contributed by atoms with Crippen molar-refractivity contribution < 1.29 is 18.3 Å². The minimum absolute atomic E-state index is 0.161. The highest BCUT2D eigenvalue weighted by Gasteiger charge is 2.19. The number of imidazole rings is 1. The molecule has 21 heavy (non-hydrogen) atoms. The number of hydrogen-bond donors (Lipinski definition) is 1. The molecule has 0 unspecified atom stereocenters. The van der Waals surface area contributed by atoms with Crippen LogP contribution in [-0.2, 0) is 16.6 Å². The third-order valence-electron chi connectivity index (χ3n) is 2.95. The summed E-state index contributed by atoms with van der Waals surface area (Å²) in [7, 11) is -0.770. The van der Waals surface area contributed by atoms with Gasteiger partial charge >= 0.3 is 16.2 Å². The van der Waals surface area contributed by atoms with E-state index in [-0.39, 0.29) is 12.0 Å². The fourth-order valence-corrected chi connectivity index (χ4v) is 2.78. The molecule has 2 aromatic rings. The molecular weight excluding hydrogens is 294 g/mol. The van der Waals surface area contributed by atoms with Gasteiger partial charge in [0.1, 0.15) is 6.33 Å². The predicted molar refractivity (Wildman–Crippen MR) is 76.4 cm³/mol. The first-order valence-electron chi connectivity index (χ1n) is 6.09. The Morgan fingerprint density at radius 1 is 1.38 bits per heavy atom. The Kier molecular flexibility index (Phi) is 4.10. The number of rotatable bonds is 5. The molecule has 0 fully saturated rings. The van der Waals surface area contributed by atoms with E-state index in [0.29, 0.717) is 11.3 Å². The molecule has 112 valence electrons. The molecule has 0 radical (unpaired) electrons. The molecule has 0 amide bonds. The summed E-state index contributed by atoms with van der Waals surface area (Å²) in [5.74, 6) is -1.02. The summed E-state index contributed by atoms with van der Waals surface area (Å²) in [6.07, 6.45) is 2.95. The number of carboxylic acids is 1. The monoisotopic (exact) mass is 309 g/mol. The van der Waals surface area contributed by atoms with Gasteiger partial charge in [0.05, 0.1) is 11.3 Å². The van der Waals surface area contributed by atoms with Gasteiger partial charge in [-0.1, -0.05) is 12.1 Å². The van der Waals surface area contributed by atoms with Crippen molar-refractivity contribution in [3.8, 4) is 0 Å². The fraction of sp³-hybridized carbons (Fsp3) is 0.231. The maximum absolute atomic E-state index is 12.1. The van der Waals surface area contributed by atoms with Crippen LogP contribution < -0.4 is 0 Å². The van der Waals surface area contributed by atoms with Gasteiger partial charge in [-0.15, -0.1) is 0 Å². The van der Waals surface area contributed by atoms with E-state index in [1.54, 1.807) is 12.1 Å². The number of aromatic nitrogens is 2. The van der Waals surface area contributed by atoms with Crippen LogP contribution in [0.2, 0.25) is 0 Å². The molecule has 0 aliphatic rings. The summed E-state index contributed by atoms with van der Waals surface area (Å²) in [6, 6.07) is 6.37. The van der Waals surface area contributed by atoms with Crippen molar-refractivity contribution in [3.05, 3.63) is 53.6 Å². The highest BCUT2D eigenvalue weighted by Crippen LogP contribution is 2.14. The first-order chi connectivity index (χ1) is 9.82. The van der Waals surface area contributed by atoms with Gasteiger partial charge in [0.2, 0.25) is 0 Å². The topological polar surface area (TPSA) is 92.5 Å². The number of carboxylic acid groups (broad SMARTS) is 1. The van der Waals surface area contributed by atoms with Gasteiger partial charge < -0.3 is 5.11 Å². The Bertz CT molecular complexity index is 765. The van der Waals surface area contributed by atoms with Crippen molar-refractivity contribution >= 4 is 16.2 Å². The molecule has 1 heterocycles. The average molecular weight is 309 g/mol. The highest BCUT2D eigenvalue weighted by molar-refractivity contribution is 7.87. The minimum Gasteiger partial charge on any atom is -0.478 e. The number of nitrogens with zero attached hydrogens (tertiary/aromatic N) is 3. The summed E-state index contributed by atoms with van der Waals surface area (Å²) in [5.41, 5.74) is 1.32. The zero-order valence-electron chi connectivity index (χ0n) is 11.6. The lowest BCUT2D eigenvalue weighted by molar-refractivity contribution is 0.0696. The van der Waals surface area contributed by atoms with E-state index >= 15 is 0 Å². The summed E-state index contributed by atoms with van der Waals surface area (Å²) in [6.45, 7) is 0. The number of carbonyl (C=O) groups is 1. The maximum atomic E-state index is 12.1. The quantitative estimate of drug-likeness (QED) is 0.883. The van der Waals surface area contributed by atoms with Crippen LogP contribution in [0.15, 0.2) is 36.8 Å². The molecule has 1 aromatic heterocycles. The standard InChI is InChI=1S/C13H15N3O4S/c1-15(2)21(19,20)16-9-14-8-12(16)7-10-4-3-5-11(6-10)13(17)18/h3-6,8-9H,7H2,1-2H3,(H,17,18). The number of hydrogen-bond acceptors (Lipinski definition) is 4. The Balaban J connectivity index is 2.36. The number of benzene rings is 1. The molecule has 7 nitrogen and oxygen atoms in total. The fourth-order valence-electron chi connectivity index (χ4n) is 1.84. The normalized spacial score (nSPS) is 11.8. The largest absolute Gasteiger partial charge is 0.478 e. The Labute approximate surface area is 122 Å². The molecule has 0 spiro atoms. The van der Waals surface area contributed by atoms with Crippen molar-refractivity contribution in [2.75, 3.05) is 14.1 Å². The van der Waals surface area contributed by atoms with Crippen LogP contribution in [0.1, 0.15) is 21.6 Å². The van der Waals surface area contributed by atoms with Crippen LogP contribution >= 0.6 is 0 Å². The summed E-state index contributed by atoms with van der Waals surface area (Å²) >= 11 is 0. The first-order valence-corrected chi connectivity index (χ1v) is 7.48. The first kappa shape index (κ1) is 15.2. The van der Waals surface area contributed by atoms with E-state index in [9.17, 15) is 13.2 Å². The van der Waals surface area contributed by atoms with Gasteiger partial charge in [-0.2, -0.15) is 12.7 Å². The Hall–Kier alpha value is -2.19. The van der Waals surface area contributed by atoms with Gasteiger partial charge in [-0.3, -0.25) is 0 Å². The van der Waals surface area contributed by atoms with E-state index in [0.717, 1.165) is 8.28 Å². The molecule has 0 bridgehead atoms. The zero-order valence-corrected chi connectivity index (χ0v) is 12.4. The van der Waals surface area contributed by atoms with Crippen molar-refractivity contribution in [2.24, 2.45) is 0 Å². The molecule has 0 aliphatic heterocycles. The summed E-state index contributed by atoms with van der Waals surface area (Å²) in [4.78, 5) is 14.8. The zero-order chi connectivity index (χ0) is 15.6. The van der Waals surface area contributed by atoms with Crippen LogP contribution in [0.3, 0.4) is 0 Å². The molecule has 0 atom stereocenters. The molecule has 0 saturated carbocycles. The SMILES string of the molecule is CN(C)S(=O)(=O)n1cncc1Cc1cccc(C(=O)O)c1. The van der Waals surface area contributed by atoms with E-state index in [1.807, 2.05) is 0 Å². The summed E-state index contributed by atoms with van der Waals surface area (Å²) in [5, 5.41) is 8.97. The Morgan fingerprint density at radius 2 is 2.10 bits per heavy atom. The van der Waals surface area contributed by atoms with Gasteiger partial charge in [0, 0.05) is 26.7 Å². The second kappa shape index (κ2) is 5.66. The van der Waals surface area contributed by atoms with Crippen molar-refractivity contribution in [1.29, 1.82) is 0 Å². The molecule has 8 heteroatoms. The van der Waals surface area contributed by atoms with Gasteiger partial charge in [0.15, 0.2) is 0 Å². The maximum Gasteiger partial charge on any atom is 0.335 e. The van der Waals surface area contributed by atoms with Crippen molar-refractivity contribution in [1.82, 2.24) is 13.3 Å². The minimum atomic E-state index is -3.64. The van der Waals surface area contributed by atoms with E-state index in [4.69, 9.17) is 5.11 Å². The second-order valence-electron chi connectivity index (χ2n) is 4.65. The van der Waals surface area contributed by atoms with Crippen LogP contribution in [0.4, 0.5) is 0 Å². The van der Waals surface area contributed by atoms with E-state index in [1.165, 1.54) is 38.8 Å². The third-order valence-corrected chi connectivity index (χ3v) is 4.70. The molecule has 1 N–H and O–H groups in total. The lowest BCUT2D eigenvalue weighted by Crippen LogP contribution is -2.29. The number of aromatic carboxylic acids is 1. The van der Waals surface area contributed by atoms with Gasteiger partial charge in [-0.25, -0.2) is 13.8 Å². The smallest absolute Gasteiger partial charge is 0.335 e. The van der Waals surface area contributed by atoms with Crippen molar-refractivity contribution in [3.63, 3.8) is 0 Å². The second-order valence-corrected chi connectivity index (χ2v) is 6.67. The van der Waals surface area contributed by atoms with Crippen molar-refractivity contribution in [2.45, 2.75) is 6.42 Å². The predicted octanol–water partition coefficient (Wildman–Crippen LogP) is 0.827. The van der Waals surface area contributed by atoms with Gasteiger partial charge in [0.25, 0.3) is 0 Å². The molecule has 0 saturated heterocycles. The molecular formula is C13H15N3O4S. The molecule has 1 aromatic carbocycles. The third kappa shape index (κ3) is 3.11. The van der Waals surface area contributed by atoms with Crippen LogP contribution in [0.25, 0.3) is 0 Å². The van der Waals surface area contributed by atoms with E-state index < -0.39 is 16.2 Å².